The maximum atomic E-state index is 5.38. The van der Waals surface area contributed by atoms with Gasteiger partial charge in [-0.3, -0.25) is 0 Å². The van der Waals surface area contributed by atoms with E-state index in [0.29, 0.717) is 23.0 Å². The summed E-state index contributed by atoms with van der Waals surface area (Å²) in [6.45, 7) is 0. The van der Waals surface area contributed by atoms with Crippen LogP contribution in [-0.4, -0.2) is 28.4 Å². The fourth-order valence-corrected chi connectivity index (χ4v) is 3.19. The van der Waals surface area contributed by atoms with Crippen molar-refractivity contribution >= 4 is 31.9 Å². The van der Waals surface area contributed by atoms with Gasteiger partial charge in [-0.25, -0.2) is 0 Å². The molecule has 22 heavy (non-hydrogen) atoms. The Labute approximate surface area is 146 Å². The van der Waals surface area contributed by atoms with Crippen molar-refractivity contribution in [3.05, 3.63) is 33.2 Å². The van der Waals surface area contributed by atoms with Crippen molar-refractivity contribution in [3.8, 4) is 34.1 Å². The second kappa shape index (κ2) is 7.24. The Morgan fingerprint density at radius 1 is 0.545 bits per heavy atom. The van der Waals surface area contributed by atoms with Crippen LogP contribution in [0.25, 0.3) is 11.1 Å². The highest BCUT2D eigenvalue weighted by Crippen LogP contribution is 2.44. The topological polar surface area (TPSA) is 36.9 Å². The Bertz CT molecular complexity index is 627. The van der Waals surface area contributed by atoms with E-state index in [9.17, 15) is 0 Å². The average molecular weight is 432 g/mol. The molecule has 0 radical (unpaired) electrons. The number of benzene rings is 2. The number of hydrogen-bond donors (Lipinski definition) is 0. The van der Waals surface area contributed by atoms with Crippen LogP contribution in [0.3, 0.4) is 0 Å². The highest BCUT2D eigenvalue weighted by Gasteiger charge is 2.16. The predicted octanol–water partition coefficient (Wildman–Crippen LogP) is 4.91. The first kappa shape index (κ1) is 17.0. The van der Waals surface area contributed by atoms with Crippen LogP contribution in [0.2, 0.25) is 0 Å². The molecule has 0 spiro atoms. The van der Waals surface area contributed by atoms with Crippen molar-refractivity contribution < 1.29 is 18.9 Å². The number of halogens is 2. The summed E-state index contributed by atoms with van der Waals surface area (Å²) in [7, 11) is 6.44. The van der Waals surface area contributed by atoms with Gasteiger partial charge in [-0.1, -0.05) is 31.9 Å². The first-order valence-electron chi connectivity index (χ1n) is 6.39. The minimum Gasteiger partial charge on any atom is -0.493 e. The Morgan fingerprint density at radius 2 is 0.818 bits per heavy atom. The van der Waals surface area contributed by atoms with Crippen LogP contribution in [-0.2, 0) is 0 Å². The summed E-state index contributed by atoms with van der Waals surface area (Å²) in [4.78, 5) is 0. The second-order valence-electron chi connectivity index (χ2n) is 4.37. The van der Waals surface area contributed by atoms with Crippen molar-refractivity contribution in [2.75, 3.05) is 28.4 Å². The van der Waals surface area contributed by atoms with E-state index in [0.717, 1.165) is 20.1 Å². The van der Waals surface area contributed by atoms with E-state index < -0.39 is 0 Å². The molecule has 0 heterocycles. The molecule has 0 aromatic heterocycles. The minimum absolute atomic E-state index is 0.655. The van der Waals surface area contributed by atoms with Gasteiger partial charge in [0.2, 0.25) is 0 Å². The van der Waals surface area contributed by atoms with E-state index >= 15 is 0 Å². The van der Waals surface area contributed by atoms with Crippen molar-refractivity contribution in [2.45, 2.75) is 0 Å². The molecule has 2 aromatic carbocycles. The van der Waals surface area contributed by atoms with Crippen LogP contribution in [0.15, 0.2) is 33.2 Å². The van der Waals surface area contributed by atoms with E-state index in [2.05, 4.69) is 31.9 Å². The zero-order valence-corrected chi connectivity index (χ0v) is 15.9. The Balaban J connectivity index is 2.66. The molecule has 118 valence electrons. The molecule has 0 saturated heterocycles. The molecule has 0 aliphatic heterocycles. The molecule has 0 saturated carbocycles. The molecular formula is C16H16Br2O4. The standard InChI is InChI=1S/C16H16Br2O4/c1-19-13-5-9(11(17)7-15(13)21-3)10-6-14(20-2)16(22-4)8-12(10)18/h5-8H,1-4H3. The summed E-state index contributed by atoms with van der Waals surface area (Å²) in [5.41, 5.74) is 1.90. The molecule has 6 heteroatoms. The highest BCUT2D eigenvalue weighted by atomic mass is 79.9. The van der Waals surface area contributed by atoms with E-state index in [-0.39, 0.29) is 0 Å². The lowest BCUT2D eigenvalue weighted by Crippen LogP contribution is -1.94. The first-order valence-corrected chi connectivity index (χ1v) is 7.97. The average Bonchev–Trinajstić information content (AvgIpc) is 2.54. The van der Waals surface area contributed by atoms with Crippen molar-refractivity contribution in [3.63, 3.8) is 0 Å². The Kier molecular flexibility index (Phi) is 5.58. The molecule has 2 rings (SSSR count). The zero-order valence-electron chi connectivity index (χ0n) is 12.7. The number of rotatable bonds is 5. The van der Waals surface area contributed by atoms with Crippen LogP contribution < -0.4 is 18.9 Å². The van der Waals surface area contributed by atoms with Gasteiger partial charge in [-0.2, -0.15) is 0 Å². The summed E-state index contributed by atoms with van der Waals surface area (Å²) < 4.78 is 23.1. The van der Waals surface area contributed by atoms with Crippen LogP contribution in [0, 0.1) is 0 Å². The van der Waals surface area contributed by atoms with Crippen LogP contribution in [0.1, 0.15) is 0 Å². The molecule has 0 aliphatic rings. The lowest BCUT2D eigenvalue weighted by atomic mass is 10.0. The van der Waals surface area contributed by atoms with Gasteiger partial charge in [-0.05, 0) is 24.3 Å². The van der Waals surface area contributed by atoms with Crippen LogP contribution in [0.5, 0.6) is 23.0 Å². The molecule has 0 amide bonds. The Morgan fingerprint density at radius 3 is 1.09 bits per heavy atom. The molecule has 0 aliphatic carbocycles. The molecule has 0 unspecified atom stereocenters. The third kappa shape index (κ3) is 3.17. The molecule has 0 bridgehead atoms. The zero-order chi connectivity index (χ0) is 16.3. The molecule has 0 fully saturated rings. The van der Waals surface area contributed by atoms with Gasteiger partial charge in [0.05, 0.1) is 28.4 Å². The van der Waals surface area contributed by atoms with Gasteiger partial charge in [0.1, 0.15) is 0 Å². The largest absolute Gasteiger partial charge is 0.493 e. The molecule has 0 atom stereocenters. The van der Waals surface area contributed by atoms with Gasteiger partial charge in [0.25, 0.3) is 0 Å². The molecular weight excluding hydrogens is 416 g/mol. The quantitative estimate of drug-likeness (QED) is 0.673. The summed E-state index contributed by atoms with van der Waals surface area (Å²) in [6, 6.07) is 7.57. The monoisotopic (exact) mass is 430 g/mol. The molecule has 0 N–H and O–H groups in total. The summed E-state index contributed by atoms with van der Waals surface area (Å²) in [5, 5.41) is 0. The third-order valence-corrected chi connectivity index (χ3v) is 4.55. The first-order chi connectivity index (χ1) is 10.5. The SMILES string of the molecule is COc1cc(Br)c(-c2cc(OC)c(OC)cc2Br)cc1OC. The summed E-state index contributed by atoms with van der Waals surface area (Å²) in [6.07, 6.45) is 0. The molecule has 2 aromatic rings. The normalized spacial score (nSPS) is 10.3. The fourth-order valence-electron chi connectivity index (χ4n) is 2.12. The minimum atomic E-state index is 0.655. The summed E-state index contributed by atoms with van der Waals surface area (Å²) >= 11 is 7.15. The van der Waals surface area contributed by atoms with Gasteiger partial charge in [0, 0.05) is 20.1 Å². The van der Waals surface area contributed by atoms with Gasteiger partial charge >= 0.3 is 0 Å². The number of methoxy groups -OCH3 is 4. The van der Waals surface area contributed by atoms with Crippen LogP contribution in [0.4, 0.5) is 0 Å². The number of ether oxygens (including phenoxy) is 4. The lowest BCUT2D eigenvalue weighted by molar-refractivity contribution is 0.354. The van der Waals surface area contributed by atoms with E-state index in [1.807, 2.05) is 24.3 Å². The summed E-state index contributed by atoms with van der Waals surface area (Å²) in [5.74, 6) is 2.63. The van der Waals surface area contributed by atoms with E-state index in [1.54, 1.807) is 28.4 Å². The predicted molar refractivity (Wildman–Crippen MR) is 93.5 cm³/mol. The smallest absolute Gasteiger partial charge is 0.161 e. The van der Waals surface area contributed by atoms with E-state index in [4.69, 9.17) is 18.9 Å². The van der Waals surface area contributed by atoms with Crippen molar-refractivity contribution in [2.24, 2.45) is 0 Å². The van der Waals surface area contributed by atoms with Gasteiger partial charge in [-0.15, -0.1) is 0 Å². The van der Waals surface area contributed by atoms with Crippen molar-refractivity contribution in [1.82, 2.24) is 0 Å². The maximum Gasteiger partial charge on any atom is 0.161 e. The van der Waals surface area contributed by atoms with Crippen molar-refractivity contribution in [1.29, 1.82) is 0 Å². The van der Waals surface area contributed by atoms with Gasteiger partial charge < -0.3 is 18.9 Å². The Hall–Kier alpha value is -1.40. The number of hydrogen-bond acceptors (Lipinski definition) is 4. The fraction of sp³-hybridized carbons (Fsp3) is 0.250. The lowest BCUT2D eigenvalue weighted by Gasteiger charge is -2.15. The van der Waals surface area contributed by atoms with Gasteiger partial charge in [0.15, 0.2) is 23.0 Å². The highest BCUT2D eigenvalue weighted by molar-refractivity contribution is 9.11. The molecule has 4 nitrogen and oxygen atoms in total. The van der Waals surface area contributed by atoms with Crippen LogP contribution >= 0.6 is 31.9 Å². The second-order valence-corrected chi connectivity index (χ2v) is 6.08. The maximum absolute atomic E-state index is 5.38. The third-order valence-electron chi connectivity index (χ3n) is 3.24. The van der Waals surface area contributed by atoms with E-state index in [1.165, 1.54) is 0 Å².